The molecule has 6 nitrogen and oxygen atoms in total. The Bertz CT molecular complexity index is 408. The number of nitrogens with one attached hydrogen (secondary N) is 2. The van der Waals surface area contributed by atoms with Crippen molar-refractivity contribution >= 4 is 28.2 Å². The fraction of sp³-hybridized carbons (Fsp3) is 0.667. The van der Waals surface area contributed by atoms with E-state index in [0.29, 0.717) is 23.2 Å². The van der Waals surface area contributed by atoms with Crippen LogP contribution in [0.2, 0.25) is 0 Å². The molecule has 0 fully saturated rings. The Kier molecular flexibility index (Phi) is 6.58. The average molecular weight is 286 g/mol. The van der Waals surface area contributed by atoms with Crippen molar-refractivity contribution in [2.45, 2.75) is 20.3 Å². The van der Waals surface area contributed by atoms with Crippen LogP contribution in [0.4, 0.5) is 10.9 Å². The maximum atomic E-state index is 12.0. The Labute approximate surface area is 117 Å². The standard InChI is InChI=1S/C12H22N4O2S/c1-4-5-14-12-16-10(13)9(19-12)11(17)15-6-8(2)7-18-3/h8H,4-7,13H2,1-3H3,(H,14,16)(H,15,17). The molecular weight excluding hydrogens is 264 g/mol. The van der Waals surface area contributed by atoms with Gasteiger partial charge in [0, 0.05) is 20.2 Å². The lowest BCUT2D eigenvalue weighted by atomic mass is 10.2. The van der Waals surface area contributed by atoms with Crippen LogP contribution >= 0.6 is 11.3 Å². The second kappa shape index (κ2) is 7.96. The van der Waals surface area contributed by atoms with Crippen LogP contribution in [0.3, 0.4) is 0 Å². The van der Waals surface area contributed by atoms with Crippen LogP contribution in [0, 0.1) is 5.92 Å². The number of hydrogen-bond acceptors (Lipinski definition) is 6. The minimum Gasteiger partial charge on any atom is -0.384 e. The Hall–Kier alpha value is -1.34. The molecule has 1 unspecified atom stereocenters. The van der Waals surface area contributed by atoms with Crippen molar-refractivity contribution in [1.29, 1.82) is 0 Å². The van der Waals surface area contributed by atoms with E-state index in [0.717, 1.165) is 13.0 Å². The summed E-state index contributed by atoms with van der Waals surface area (Å²) >= 11 is 1.28. The van der Waals surface area contributed by atoms with Crippen molar-refractivity contribution in [2.75, 3.05) is 37.9 Å². The first kappa shape index (κ1) is 15.7. The predicted octanol–water partition coefficient (Wildman–Crippen LogP) is 1.56. The predicted molar refractivity (Wildman–Crippen MR) is 78.7 cm³/mol. The number of nitrogen functional groups attached to an aromatic ring is 1. The van der Waals surface area contributed by atoms with Gasteiger partial charge in [0.1, 0.15) is 10.7 Å². The lowest BCUT2D eigenvalue weighted by Crippen LogP contribution is -2.29. The van der Waals surface area contributed by atoms with Gasteiger partial charge < -0.3 is 21.1 Å². The van der Waals surface area contributed by atoms with Gasteiger partial charge in [0.15, 0.2) is 5.13 Å². The summed E-state index contributed by atoms with van der Waals surface area (Å²) in [5, 5.41) is 6.65. The van der Waals surface area contributed by atoms with Gasteiger partial charge in [-0.05, 0) is 12.3 Å². The zero-order chi connectivity index (χ0) is 14.3. The van der Waals surface area contributed by atoms with Crippen molar-refractivity contribution < 1.29 is 9.53 Å². The summed E-state index contributed by atoms with van der Waals surface area (Å²) in [5.74, 6) is 0.365. The van der Waals surface area contributed by atoms with Gasteiger partial charge in [-0.15, -0.1) is 0 Å². The number of anilines is 2. The molecule has 0 spiro atoms. The Balaban J connectivity index is 2.54. The zero-order valence-corrected chi connectivity index (χ0v) is 12.5. The Morgan fingerprint density at radius 2 is 2.32 bits per heavy atom. The molecule has 0 saturated carbocycles. The van der Waals surface area contributed by atoms with Crippen molar-refractivity contribution in [3.05, 3.63) is 4.88 Å². The number of ether oxygens (including phenoxy) is 1. The molecule has 0 bridgehead atoms. The van der Waals surface area contributed by atoms with Crippen molar-refractivity contribution in [2.24, 2.45) is 5.92 Å². The zero-order valence-electron chi connectivity index (χ0n) is 11.7. The number of nitrogens with two attached hydrogens (primary N) is 1. The molecule has 4 N–H and O–H groups in total. The fourth-order valence-electron chi connectivity index (χ4n) is 1.49. The van der Waals surface area contributed by atoms with E-state index in [1.807, 2.05) is 6.92 Å². The number of carbonyl (C=O) groups is 1. The highest BCUT2D eigenvalue weighted by Gasteiger charge is 2.16. The van der Waals surface area contributed by atoms with E-state index in [9.17, 15) is 4.79 Å². The molecule has 0 saturated heterocycles. The molecule has 0 aliphatic carbocycles. The second-order valence-electron chi connectivity index (χ2n) is 4.43. The van der Waals surface area contributed by atoms with Crippen LogP contribution in [0.25, 0.3) is 0 Å². The van der Waals surface area contributed by atoms with Gasteiger partial charge in [0.2, 0.25) is 0 Å². The first-order valence-corrected chi connectivity index (χ1v) is 7.17. The van der Waals surface area contributed by atoms with Crippen LogP contribution in [-0.4, -0.2) is 37.7 Å². The molecule has 1 aromatic heterocycles. The number of thiazole rings is 1. The smallest absolute Gasteiger partial charge is 0.265 e. The van der Waals surface area contributed by atoms with Crippen LogP contribution in [0.1, 0.15) is 29.9 Å². The Morgan fingerprint density at radius 1 is 1.58 bits per heavy atom. The van der Waals surface area contributed by atoms with Gasteiger partial charge in [-0.2, -0.15) is 0 Å². The highest BCUT2D eigenvalue weighted by molar-refractivity contribution is 7.18. The van der Waals surface area contributed by atoms with E-state index >= 15 is 0 Å². The summed E-state index contributed by atoms with van der Waals surface area (Å²) in [4.78, 5) is 16.6. The van der Waals surface area contributed by atoms with E-state index in [-0.39, 0.29) is 17.6 Å². The van der Waals surface area contributed by atoms with E-state index in [1.165, 1.54) is 11.3 Å². The average Bonchev–Trinajstić information content (AvgIpc) is 2.75. The van der Waals surface area contributed by atoms with Crippen molar-refractivity contribution in [1.82, 2.24) is 10.3 Å². The topological polar surface area (TPSA) is 89.3 Å². The van der Waals surface area contributed by atoms with E-state index in [4.69, 9.17) is 10.5 Å². The third-order valence-corrected chi connectivity index (χ3v) is 3.48. The molecule has 19 heavy (non-hydrogen) atoms. The van der Waals surface area contributed by atoms with E-state index < -0.39 is 0 Å². The van der Waals surface area contributed by atoms with Gasteiger partial charge in [-0.25, -0.2) is 4.98 Å². The molecule has 1 amide bonds. The van der Waals surface area contributed by atoms with Gasteiger partial charge in [-0.3, -0.25) is 4.79 Å². The monoisotopic (exact) mass is 286 g/mol. The van der Waals surface area contributed by atoms with E-state index in [2.05, 4.69) is 22.5 Å². The van der Waals surface area contributed by atoms with Gasteiger partial charge in [-0.1, -0.05) is 25.2 Å². The highest BCUT2D eigenvalue weighted by Crippen LogP contribution is 2.24. The number of hydrogen-bond donors (Lipinski definition) is 3. The van der Waals surface area contributed by atoms with Crippen LogP contribution in [0.15, 0.2) is 0 Å². The second-order valence-corrected chi connectivity index (χ2v) is 5.43. The number of amides is 1. The Morgan fingerprint density at radius 3 is 2.95 bits per heavy atom. The molecule has 0 radical (unpaired) electrons. The number of carbonyl (C=O) groups excluding carboxylic acids is 1. The minimum absolute atomic E-state index is 0.178. The molecule has 1 atom stereocenters. The van der Waals surface area contributed by atoms with Crippen molar-refractivity contribution in [3.63, 3.8) is 0 Å². The molecule has 1 heterocycles. The van der Waals surface area contributed by atoms with Crippen LogP contribution < -0.4 is 16.4 Å². The minimum atomic E-state index is -0.178. The molecule has 0 aliphatic rings. The maximum Gasteiger partial charge on any atom is 0.265 e. The summed E-state index contributed by atoms with van der Waals surface area (Å²) in [7, 11) is 1.64. The van der Waals surface area contributed by atoms with Gasteiger partial charge >= 0.3 is 0 Å². The van der Waals surface area contributed by atoms with E-state index in [1.54, 1.807) is 7.11 Å². The summed E-state index contributed by atoms with van der Waals surface area (Å²) < 4.78 is 5.02. The van der Waals surface area contributed by atoms with Gasteiger partial charge in [0.05, 0.1) is 6.61 Å². The largest absolute Gasteiger partial charge is 0.384 e. The first-order chi connectivity index (χ1) is 9.08. The lowest BCUT2D eigenvalue weighted by molar-refractivity contribution is 0.0939. The number of nitrogens with zero attached hydrogens (tertiary/aromatic N) is 1. The quantitative estimate of drug-likeness (QED) is 0.675. The normalized spacial score (nSPS) is 12.2. The van der Waals surface area contributed by atoms with Gasteiger partial charge in [0.25, 0.3) is 5.91 Å². The van der Waals surface area contributed by atoms with Crippen molar-refractivity contribution in [3.8, 4) is 0 Å². The summed E-state index contributed by atoms with van der Waals surface area (Å²) in [6, 6.07) is 0. The number of aromatic nitrogens is 1. The molecule has 108 valence electrons. The maximum absolute atomic E-state index is 12.0. The SMILES string of the molecule is CCCNc1nc(N)c(C(=O)NCC(C)COC)s1. The highest BCUT2D eigenvalue weighted by atomic mass is 32.1. The molecular formula is C12H22N4O2S. The molecule has 7 heteroatoms. The third-order valence-electron chi connectivity index (χ3n) is 2.45. The number of rotatable bonds is 8. The molecule has 0 aromatic carbocycles. The molecule has 0 aliphatic heterocycles. The third kappa shape index (κ3) is 5.04. The fourth-order valence-corrected chi connectivity index (χ4v) is 2.32. The molecule has 1 aromatic rings. The lowest BCUT2D eigenvalue weighted by Gasteiger charge is -2.10. The summed E-state index contributed by atoms with van der Waals surface area (Å²) in [6.45, 7) is 6.06. The summed E-state index contributed by atoms with van der Waals surface area (Å²) in [6.07, 6.45) is 0.996. The molecule has 1 rings (SSSR count). The summed E-state index contributed by atoms with van der Waals surface area (Å²) in [5.41, 5.74) is 5.75. The van der Waals surface area contributed by atoms with Crippen LogP contribution in [0.5, 0.6) is 0 Å². The number of methoxy groups -OCH3 is 1. The first-order valence-electron chi connectivity index (χ1n) is 6.35. The van der Waals surface area contributed by atoms with Crippen LogP contribution in [-0.2, 0) is 4.74 Å².